The average Bonchev–Trinajstić information content (AvgIpc) is 2.78. The second kappa shape index (κ2) is 7.89. The third-order valence-electron chi connectivity index (χ3n) is 6.65. The molecule has 3 aromatic rings. The van der Waals surface area contributed by atoms with Gasteiger partial charge in [-0.3, -0.25) is 9.59 Å². The van der Waals surface area contributed by atoms with E-state index in [4.69, 9.17) is 13.9 Å². The molecule has 2 aromatic carbocycles. The van der Waals surface area contributed by atoms with Crippen molar-refractivity contribution in [2.45, 2.75) is 44.4 Å². The lowest BCUT2D eigenvalue weighted by Crippen LogP contribution is -2.27. The zero-order valence-corrected chi connectivity index (χ0v) is 17.7. The zero-order valence-electron chi connectivity index (χ0n) is 17.7. The molecule has 0 bridgehead atoms. The summed E-state index contributed by atoms with van der Waals surface area (Å²) in [5, 5.41) is 20.8. The van der Waals surface area contributed by atoms with Crippen LogP contribution in [0.5, 0.6) is 23.0 Å². The molecule has 5 rings (SSSR count). The first-order valence-corrected chi connectivity index (χ1v) is 10.9. The smallest absolute Gasteiger partial charge is 0.311 e. The molecule has 2 N–H and O–H groups in total. The van der Waals surface area contributed by atoms with Crippen molar-refractivity contribution >= 4 is 16.9 Å². The van der Waals surface area contributed by atoms with E-state index in [-0.39, 0.29) is 58.2 Å². The minimum Gasteiger partial charge on any atom is -0.507 e. The summed E-state index contributed by atoms with van der Waals surface area (Å²) in [6.07, 6.45) is 5.59. The minimum absolute atomic E-state index is 0.0731. The highest BCUT2D eigenvalue weighted by atomic mass is 16.5. The van der Waals surface area contributed by atoms with Crippen LogP contribution in [-0.4, -0.2) is 23.3 Å². The van der Waals surface area contributed by atoms with E-state index in [2.05, 4.69) is 0 Å². The van der Waals surface area contributed by atoms with Crippen LogP contribution >= 0.6 is 0 Å². The quantitative estimate of drug-likeness (QED) is 0.446. The lowest BCUT2D eigenvalue weighted by molar-refractivity contribution is -0.136. The van der Waals surface area contributed by atoms with Gasteiger partial charge in [0.15, 0.2) is 16.9 Å². The van der Waals surface area contributed by atoms with Crippen LogP contribution in [0.3, 0.4) is 0 Å². The number of rotatable bonds is 3. The van der Waals surface area contributed by atoms with Crippen LogP contribution in [0.4, 0.5) is 0 Å². The molecule has 2 heterocycles. The highest BCUT2D eigenvalue weighted by molar-refractivity contribution is 5.92. The molecule has 7 nitrogen and oxygen atoms in total. The summed E-state index contributed by atoms with van der Waals surface area (Å²) in [7, 11) is 1.45. The summed E-state index contributed by atoms with van der Waals surface area (Å²) < 4.78 is 16.7. The average molecular weight is 436 g/mol. The van der Waals surface area contributed by atoms with Crippen molar-refractivity contribution in [3.8, 4) is 34.3 Å². The van der Waals surface area contributed by atoms with Crippen LogP contribution in [-0.2, 0) is 4.79 Å². The number of carbonyl (C=O) groups excluding carboxylic acids is 1. The molecule has 0 amide bonds. The van der Waals surface area contributed by atoms with Crippen molar-refractivity contribution in [1.82, 2.24) is 0 Å². The zero-order chi connectivity index (χ0) is 22.4. The van der Waals surface area contributed by atoms with Gasteiger partial charge in [-0.25, -0.2) is 0 Å². The van der Waals surface area contributed by atoms with Crippen molar-refractivity contribution in [3.05, 3.63) is 46.1 Å². The molecule has 1 aliphatic carbocycles. The largest absolute Gasteiger partial charge is 0.507 e. The van der Waals surface area contributed by atoms with Gasteiger partial charge in [-0.1, -0.05) is 19.3 Å². The number of phenolic OH excluding ortho intramolecular Hbond substituents is 2. The van der Waals surface area contributed by atoms with E-state index in [1.165, 1.54) is 31.7 Å². The van der Waals surface area contributed by atoms with Crippen LogP contribution in [0.15, 0.2) is 39.5 Å². The molecule has 1 atom stereocenters. The maximum Gasteiger partial charge on any atom is 0.311 e. The SMILES string of the molecule is COc1ccc(-c2cc(=O)c3c(O)cc4c(c3o2)C(C2CCCCC2)CC(=O)O4)cc1O. The van der Waals surface area contributed by atoms with Crippen LogP contribution in [0.25, 0.3) is 22.3 Å². The monoisotopic (exact) mass is 436 g/mol. The molecule has 1 saturated carbocycles. The Hall–Kier alpha value is -3.48. The van der Waals surface area contributed by atoms with Crippen LogP contribution in [0, 0.1) is 5.92 Å². The number of fused-ring (bicyclic) bond motifs is 3. The molecular formula is C25H24O7. The fraction of sp³-hybridized carbons (Fsp3) is 0.360. The molecule has 0 saturated heterocycles. The Bertz CT molecular complexity index is 1270. The number of phenols is 2. The minimum atomic E-state index is -0.406. The third-order valence-corrected chi connectivity index (χ3v) is 6.65. The number of aromatic hydroxyl groups is 2. The Balaban J connectivity index is 1.74. The number of carbonyl (C=O) groups is 1. The Kier molecular flexibility index (Phi) is 5.04. The van der Waals surface area contributed by atoms with Gasteiger partial charge in [0, 0.05) is 29.2 Å². The molecule has 7 heteroatoms. The predicted octanol–water partition coefficient (Wildman–Crippen LogP) is 4.85. The maximum atomic E-state index is 13.0. The molecule has 1 fully saturated rings. The first-order valence-electron chi connectivity index (χ1n) is 10.9. The lowest BCUT2D eigenvalue weighted by Gasteiger charge is -2.33. The fourth-order valence-electron chi connectivity index (χ4n) is 5.12. The van der Waals surface area contributed by atoms with E-state index >= 15 is 0 Å². The highest BCUT2D eigenvalue weighted by Gasteiger charge is 2.37. The van der Waals surface area contributed by atoms with Gasteiger partial charge in [-0.15, -0.1) is 0 Å². The van der Waals surface area contributed by atoms with E-state index in [9.17, 15) is 19.8 Å². The summed E-state index contributed by atoms with van der Waals surface area (Å²) >= 11 is 0. The van der Waals surface area contributed by atoms with Crippen LogP contribution in [0.1, 0.15) is 50.0 Å². The van der Waals surface area contributed by atoms with Gasteiger partial charge in [-0.2, -0.15) is 0 Å². The first-order chi connectivity index (χ1) is 15.5. The third kappa shape index (κ3) is 3.38. The topological polar surface area (TPSA) is 106 Å². The van der Waals surface area contributed by atoms with E-state index in [1.54, 1.807) is 12.1 Å². The lowest BCUT2D eigenvalue weighted by atomic mass is 9.74. The maximum absolute atomic E-state index is 13.0. The summed E-state index contributed by atoms with van der Waals surface area (Å²) in [5.41, 5.74) is 0.986. The summed E-state index contributed by atoms with van der Waals surface area (Å²) in [4.78, 5) is 25.4. The highest BCUT2D eigenvalue weighted by Crippen LogP contribution is 2.49. The van der Waals surface area contributed by atoms with E-state index in [1.807, 2.05) is 0 Å². The number of esters is 1. The van der Waals surface area contributed by atoms with Gasteiger partial charge in [-0.05, 0) is 37.0 Å². The number of hydrogen-bond donors (Lipinski definition) is 2. The molecule has 32 heavy (non-hydrogen) atoms. The molecule has 1 aromatic heterocycles. The molecule has 166 valence electrons. The second-order valence-electron chi connectivity index (χ2n) is 8.56. The second-order valence-corrected chi connectivity index (χ2v) is 8.56. The summed E-state index contributed by atoms with van der Waals surface area (Å²) in [6.45, 7) is 0. The molecule has 0 spiro atoms. The van der Waals surface area contributed by atoms with Gasteiger partial charge >= 0.3 is 5.97 Å². The fourth-order valence-corrected chi connectivity index (χ4v) is 5.12. The molecular weight excluding hydrogens is 412 g/mol. The Labute approximate surface area is 184 Å². The van der Waals surface area contributed by atoms with Gasteiger partial charge in [0.25, 0.3) is 0 Å². The van der Waals surface area contributed by atoms with Crippen LogP contribution in [0.2, 0.25) is 0 Å². The number of methoxy groups -OCH3 is 1. The molecule has 2 aliphatic rings. The molecule has 1 aliphatic heterocycles. The van der Waals surface area contributed by atoms with E-state index < -0.39 is 5.43 Å². The number of ether oxygens (including phenoxy) is 2. The summed E-state index contributed by atoms with van der Waals surface area (Å²) in [6, 6.07) is 7.35. The first kappa shape index (κ1) is 20.4. The predicted molar refractivity (Wildman–Crippen MR) is 117 cm³/mol. The van der Waals surface area contributed by atoms with E-state index in [0.717, 1.165) is 25.7 Å². The number of benzene rings is 2. The van der Waals surface area contributed by atoms with Gasteiger partial charge in [0.1, 0.15) is 28.2 Å². The van der Waals surface area contributed by atoms with Crippen molar-refractivity contribution in [2.75, 3.05) is 7.11 Å². The van der Waals surface area contributed by atoms with Gasteiger partial charge in [0.2, 0.25) is 0 Å². The molecule has 1 unspecified atom stereocenters. The molecule has 0 radical (unpaired) electrons. The van der Waals surface area contributed by atoms with Gasteiger partial charge in [0.05, 0.1) is 13.5 Å². The van der Waals surface area contributed by atoms with Crippen molar-refractivity contribution < 1.29 is 28.9 Å². The van der Waals surface area contributed by atoms with Crippen molar-refractivity contribution in [3.63, 3.8) is 0 Å². The van der Waals surface area contributed by atoms with Crippen molar-refractivity contribution in [1.29, 1.82) is 0 Å². The Morgan fingerprint density at radius 2 is 1.78 bits per heavy atom. The van der Waals surface area contributed by atoms with Crippen LogP contribution < -0.4 is 14.9 Å². The number of hydrogen-bond acceptors (Lipinski definition) is 7. The normalized spacial score (nSPS) is 18.9. The van der Waals surface area contributed by atoms with E-state index in [0.29, 0.717) is 16.9 Å². The van der Waals surface area contributed by atoms with Gasteiger partial charge < -0.3 is 24.1 Å². The Morgan fingerprint density at radius 3 is 2.50 bits per heavy atom. The summed E-state index contributed by atoms with van der Waals surface area (Å²) in [5.74, 6) is 0.224. The Morgan fingerprint density at radius 1 is 1.00 bits per heavy atom. The van der Waals surface area contributed by atoms with Crippen molar-refractivity contribution in [2.24, 2.45) is 5.92 Å². The standard InChI is InChI=1S/C25H24O7/c1-30-19-8-7-14(9-16(19)26)20-11-17(27)24-18(28)12-21-23(25(24)32-20)15(10-22(29)31-21)13-5-3-2-4-6-13/h7-9,11-13,15,26,28H,2-6,10H2,1H3.